The van der Waals surface area contributed by atoms with Crippen LogP contribution in [0.3, 0.4) is 0 Å². The van der Waals surface area contributed by atoms with Crippen molar-refractivity contribution in [2.75, 3.05) is 13.1 Å². The molecule has 2 fully saturated rings. The van der Waals surface area contributed by atoms with Crippen LogP contribution in [0.2, 0.25) is 0 Å². The van der Waals surface area contributed by atoms with Crippen molar-refractivity contribution in [2.24, 2.45) is 5.92 Å². The summed E-state index contributed by atoms with van der Waals surface area (Å²) in [5.41, 5.74) is 0. The van der Waals surface area contributed by atoms with Crippen molar-refractivity contribution in [1.82, 2.24) is 10.2 Å². The summed E-state index contributed by atoms with van der Waals surface area (Å²) < 4.78 is 0. The van der Waals surface area contributed by atoms with Crippen LogP contribution in [0.4, 0.5) is 0 Å². The van der Waals surface area contributed by atoms with Crippen molar-refractivity contribution in [3.8, 4) is 0 Å². The molecule has 1 heterocycles. The second-order valence-electron chi connectivity index (χ2n) is 5.04. The van der Waals surface area contributed by atoms with Gasteiger partial charge in [0.05, 0.1) is 0 Å². The molecular weight excluding hydrogens is 204 g/mol. The smallest absolute Gasteiger partial charge is 0.229 e. The SMILES string of the molecule is CC(CNC1CC1)CN1C(=O)CCCC1=O. The van der Waals surface area contributed by atoms with Gasteiger partial charge in [0, 0.05) is 25.4 Å². The molecular formula is C12H20N2O2. The number of nitrogens with zero attached hydrogens (tertiary/aromatic N) is 1. The minimum atomic E-state index is 0.00882. The Kier molecular flexibility index (Phi) is 3.59. The number of hydrogen-bond donors (Lipinski definition) is 1. The third kappa shape index (κ3) is 3.04. The average molecular weight is 224 g/mol. The number of amides is 2. The normalized spacial score (nSPS) is 23.7. The van der Waals surface area contributed by atoms with Gasteiger partial charge in [0.2, 0.25) is 11.8 Å². The summed E-state index contributed by atoms with van der Waals surface area (Å²) in [4.78, 5) is 24.6. The fourth-order valence-electron chi connectivity index (χ4n) is 2.04. The number of likely N-dealkylation sites (tertiary alicyclic amines) is 1. The zero-order chi connectivity index (χ0) is 11.5. The van der Waals surface area contributed by atoms with Crippen molar-refractivity contribution in [2.45, 2.75) is 45.1 Å². The first-order valence-electron chi connectivity index (χ1n) is 6.23. The molecule has 0 aromatic heterocycles. The zero-order valence-electron chi connectivity index (χ0n) is 9.87. The maximum atomic E-state index is 11.6. The van der Waals surface area contributed by atoms with E-state index >= 15 is 0 Å². The van der Waals surface area contributed by atoms with Crippen molar-refractivity contribution < 1.29 is 9.59 Å². The first-order chi connectivity index (χ1) is 7.66. The summed E-state index contributed by atoms with van der Waals surface area (Å²) in [6, 6.07) is 0.690. The number of carbonyl (C=O) groups excluding carboxylic acids is 2. The number of nitrogens with one attached hydrogen (secondary N) is 1. The lowest BCUT2D eigenvalue weighted by Gasteiger charge is -2.27. The van der Waals surface area contributed by atoms with Crippen LogP contribution in [0, 0.1) is 5.92 Å². The maximum Gasteiger partial charge on any atom is 0.229 e. The van der Waals surface area contributed by atoms with E-state index in [0.717, 1.165) is 13.0 Å². The maximum absolute atomic E-state index is 11.6. The van der Waals surface area contributed by atoms with Gasteiger partial charge >= 0.3 is 0 Å². The molecule has 1 saturated carbocycles. The summed E-state index contributed by atoms with van der Waals surface area (Å²) in [5, 5.41) is 3.43. The molecule has 1 atom stereocenters. The van der Waals surface area contributed by atoms with Crippen molar-refractivity contribution in [1.29, 1.82) is 0 Å². The fraction of sp³-hybridized carbons (Fsp3) is 0.833. The molecule has 1 N–H and O–H groups in total. The first-order valence-corrected chi connectivity index (χ1v) is 6.23. The summed E-state index contributed by atoms with van der Waals surface area (Å²) in [7, 11) is 0. The molecule has 4 nitrogen and oxygen atoms in total. The van der Waals surface area contributed by atoms with Crippen LogP contribution in [0.1, 0.15) is 39.0 Å². The van der Waals surface area contributed by atoms with Gasteiger partial charge in [-0.05, 0) is 31.7 Å². The Hall–Kier alpha value is -0.900. The predicted octanol–water partition coefficient (Wildman–Crippen LogP) is 0.914. The zero-order valence-corrected chi connectivity index (χ0v) is 9.87. The molecule has 2 rings (SSSR count). The van der Waals surface area contributed by atoms with Gasteiger partial charge in [0.15, 0.2) is 0 Å². The highest BCUT2D eigenvalue weighted by atomic mass is 16.2. The lowest BCUT2D eigenvalue weighted by Crippen LogP contribution is -2.44. The molecule has 4 heteroatoms. The van der Waals surface area contributed by atoms with E-state index in [9.17, 15) is 9.59 Å². The van der Waals surface area contributed by atoms with Crippen LogP contribution in [0.25, 0.3) is 0 Å². The molecule has 16 heavy (non-hydrogen) atoms. The Balaban J connectivity index is 1.76. The molecule has 0 spiro atoms. The van der Waals surface area contributed by atoms with Crippen LogP contribution in [0.5, 0.6) is 0 Å². The molecule has 0 radical (unpaired) electrons. The van der Waals surface area contributed by atoms with Crippen LogP contribution >= 0.6 is 0 Å². The molecule has 1 aliphatic carbocycles. The van der Waals surface area contributed by atoms with Gasteiger partial charge in [-0.3, -0.25) is 14.5 Å². The second kappa shape index (κ2) is 4.95. The Morgan fingerprint density at radius 3 is 2.50 bits per heavy atom. The van der Waals surface area contributed by atoms with E-state index in [4.69, 9.17) is 0 Å². The Morgan fingerprint density at radius 1 is 1.31 bits per heavy atom. The molecule has 2 aliphatic rings. The number of piperidine rings is 1. The lowest BCUT2D eigenvalue weighted by atomic mass is 10.1. The van der Waals surface area contributed by atoms with Crippen LogP contribution in [0.15, 0.2) is 0 Å². The van der Waals surface area contributed by atoms with E-state index in [1.165, 1.54) is 17.7 Å². The summed E-state index contributed by atoms with van der Waals surface area (Å²) in [5.74, 6) is 0.371. The lowest BCUT2D eigenvalue weighted by molar-refractivity contribution is -0.148. The fourth-order valence-corrected chi connectivity index (χ4v) is 2.04. The molecule has 0 aromatic carbocycles. The predicted molar refractivity (Wildman–Crippen MR) is 60.8 cm³/mol. The molecule has 0 bridgehead atoms. The van der Waals surface area contributed by atoms with Gasteiger partial charge in [0.25, 0.3) is 0 Å². The van der Waals surface area contributed by atoms with Crippen molar-refractivity contribution >= 4 is 11.8 Å². The topological polar surface area (TPSA) is 49.4 Å². The molecule has 90 valence electrons. The largest absolute Gasteiger partial charge is 0.314 e. The van der Waals surface area contributed by atoms with E-state index in [0.29, 0.717) is 31.3 Å². The summed E-state index contributed by atoms with van der Waals surface area (Å²) in [6.45, 7) is 3.57. The van der Waals surface area contributed by atoms with Gasteiger partial charge in [0.1, 0.15) is 0 Å². The third-order valence-corrected chi connectivity index (χ3v) is 3.21. The molecule has 0 aromatic rings. The van der Waals surface area contributed by atoms with Crippen LogP contribution in [-0.2, 0) is 9.59 Å². The van der Waals surface area contributed by atoms with E-state index in [2.05, 4.69) is 12.2 Å². The van der Waals surface area contributed by atoms with E-state index in [1.807, 2.05) is 0 Å². The van der Waals surface area contributed by atoms with E-state index in [-0.39, 0.29) is 11.8 Å². The highest BCUT2D eigenvalue weighted by molar-refractivity contribution is 5.97. The number of imide groups is 1. The van der Waals surface area contributed by atoms with Gasteiger partial charge < -0.3 is 5.32 Å². The van der Waals surface area contributed by atoms with Gasteiger partial charge in [-0.15, -0.1) is 0 Å². The molecule has 1 aliphatic heterocycles. The van der Waals surface area contributed by atoms with Gasteiger partial charge in [-0.1, -0.05) is 6.92 Å². The number of carbonyl (C=O) groups is 2. The van der Waals surface area contributed by atoms with Crippen LogP contribution in [-0.4, -0.2) is 35.8 Å². The Morgan fingerprint density at radius 2 is 1.94 bits per heavy atom. The van der Waals surface area contributed by atoms with E-state index in [1.54, 1.807) is 0 Å². The average Bonchev–Trinajstić information content (AvgIpc) is 3.04. The highest BCUT2D eigenvalue weighted by Crippen LogP contribution is 2.19. The number of hydrogen-bond acceptors (Lipinski definition) is 3. The highest BCUT2D eigenvalue weighted by Gasteiger charge is 2.27. The van der Waals surface area contributed by atoms with Crippen molar-refractivity contribution in [3.05, 3.63) is 0 Å². The van der Waals surface area contributed by atoms with Crippen LogP contribution < -0.4 is 5.32 Å². The third-order valence-electron chi connectivity index (χ3n) is 3.21. The molecule has 2 amide bonds. The molecule has 1 unspecified atom stereocenters. The van der Waals surface area contributed by atoms with Gasteiger partial charge in [-0.25, -0.2) is 0 Å². The monoisotopic (exact) mass is 224 g/mol. The minimum Gasteiger partial charge on any atom is -0.314 e. The standard InChI is InChI=1S/C12H20N2O2/c1-9(7-13-10-5-6-10)8-14-11(15)3-2-4-12(14)16/h9-10,13H,2-8H2,1H3. The molecule has 1 saturated heterocycles. The summed E-state index contributed by atoms with van der Waals surface area (Å²) >= 11 is 0. The minimum absolute atomic E-state index is 0.00882. The van der Waals surface area contributed by atoms with E-state index < -0.39 is 0 Å². The van der Waals surface area contributed by atoms with Crippen molar-refractivity contribution in [3.63, 3.8) is 0 Å². The number of rotatable bonds is 5. The Labute approximate surface area is 96.4 Å². The van der Waals surface area contributed by atoms with Gasteiger partial charge in [-0.2, -0.15) is 0 Å². The second-order valence-corrected chi connectivity index (χ2v) is 5.04. The Bertz CT molecular complexity index is 271. The first kappa shape index (κ1) is 11.6. The summed E-state index contributed by atoms with van der Waals surface area (Å²) in [6.07, 6.45) is 4.34. The quantitative estimate of drug-likeness (QED) is 0.706.